The molecule has 0 radical (unpaired) electrons. The van der Waals surface area contributed by atoms with Crippen LogP contribution in [0.15, 0.2) is 40.0 Å². The molecular formula is C14H10BrClN4O2. The number of amides is 1. The molecule has 6 nitrogen and oxygen atoms in total. The van der Waals surface area contributed by atoms with E-state index in [1.54, 1.807) is 16.7 Å². The van der Waals surface area contributed by atoms with Crippen molar-refractivity contribution >= 4 is 44.5 Å². The highest BCUT2D eigenvalue weighted by Gasteiger charge is 2.22. The number of aromatic amines is 1. The summed E-state index contributed by atoms with van der Waals surface area (Å²) < 4.78 is 2.14. The first-order valence-electron chi connectivity index (χ1n) is 6.28. The van der Waals surface area contributed by atoms with Crippen molar-refractivity contribution in [1.29, 1.82) is 0 Å². The van der Waals surface area contributed by atoms with Crippen LogP contribution in [0.3, 0.4) is 0 Å². The average Bonchev–Trinajstić information content (AvgIpc) is 2.76. The Balaban J connectivity index is 2.23. The molecule has 0 unspecified atom stereocenters. The van der Waals surface area contributed by atoms with Crippen molar-refractivity contribution in [3.8, 4) is 0 Å². The molecule has 3 rings (SSSR count). The van der Waals surface area contributed by atoms with E-state index in [1.807, 2.05) is 12.1 Å². The highest BCUT2D eigenvalue weighted by Crippen LogP contribution is 2.27. The smallest absolute Gasteiger partial charge is 0.261 e. The van der Waals surface area contributed by atoms with Gasteiger partial charge in [-0.3, -0.25) is 9.59 Å². The minimum Gasteiger partial charge on any atom is -0.365 e. The van der Waals surface area contributed by atoms with Gasteiger partial charge in [-0.2, -0.15) is 0 Å². The summed E-state index contributed by atoms with van der Waals surface area (Å²) in [6, 6.07) is 7.26. The molecule has 0 aliphatic heterocycles. The SMILES string of the molecule is NC(=O)c1c(Br)n(Cc2ccc(Cl)cc2)c2nc[nH]c(=O)c12. The number of fused-ring (bicyclic) bond motifs is 1. The van der Waals surface area contributed by atoms with Crippen molar-refractivity contribution in [2.45, 2.75) is 6.54 Å². The minimum atomic E-state index is -0.690. The van der Waals surface area contributed by atoms with Crippen molar-refractivity contribution < 1.29 is 4.79 Å². The fraction of sp³-hybridized carbons (Fsp3) is 0.0714. The lowest BCUT2D eigenvalue weighted by Crippen LogP contribution is -2.15. The molecule has 0 atom stereocenters. The average molecular weight is 382 g/mol. The van der Waals surface area contributed by atoms with Gasteiger partial charge in [0, 0.05) is 5.02 Å². The van der Waals surface area contributed by atoms with Gasteiger partial charge in [-0.1, -0.05) is 23.7 Å². The molecule has 0 aliphatic rings. The van der Waals surface area contributed by atoms with E-state index in [0.29, 0.717) is 21.8 Å². The van der Waals surface area contributed by atoms with Gasteiger partial charge in [0.2, 0.25) is 0 Å². The monoisotopic (exact) mass is 380 g/mol. The third-order valence-electron chi connectivity index (χ3n) is 3.28. The first-order valence-corrected chi connectivity index (χ1v) is 7.45. The summed E-state index contributed by atoms with van der Waals surface area (Å²) in [5.74, 6) is -0.690. The fourth-order valence-electron chi connectivity index (χ4n) is 2.29. The molecule has 2 heterocycles. The third-order valence-corrected chi connectivity index (χ3v) is 4.36. The van der Waals surface area contributed by atoms with Gasteiger partial charge in [-0.25, -0.2) is 4.98 Å². The summed E-state index contributed by atoms with van der Waals surface area (Å²) in [4.78, 5) is 30.3. The van der Waals surface area contributed by atoms with Gasteiger partial charge in [0.05, 0.1) is 23.8 Å². The van der Waals surface area contributed by atoms with Crippen molar-refractivity contribution in [1.82, 2.24) is 14.5 Å². The Morgan fingerprint density at radius 2 is 2.05 bits per heavy atom. The number of rotatable bonds is 3. The van der Waals surface area contributed by atoms with E-state index in [4.69, 9.17) is 17.3 Å². The summed E-state index contributed by atoms with van der Waals surface area (Å²) in [6.07, 6.45) is 1.29. The Hall–Kier alpha value is -2.12. The summed E-state index contributed by atoms with van der Waals surface area (Å²) in [7, 11) is 0. The zero-order valence-electron chi connectivity index (χ0n) is 11.1. The molecule has 0 fully saturated rings. The van der Waals surface area contributed by atoms with Crippen LogP contribution in [0.5, 0.6) is 0 Å². The van der Waals surface area contributed by atoms with Crippen LogP contribution in [0.1, 0.15) is 15.9 Å². The Labute approximate surface area is 138 Å². The number of hydrogen-bond acceptors (Lipinski definition) is 3. The van der Waals surface area contributed by atoms with E-state index in [9.17, 15) is 9.59 Å². The van der Waals surface area contributed by atoms with Gasteiger partial charge in [-0.05, 0) is 33.6 Å². The van der Waals surface area contributed by atoms with Crippen LogP contribution in [0.2, 0.25) is 5.02 Å². The minimum absolute atomic E-state index is 0.123. The summed E-state index contributed by atoms with van der Waals surface area (Å²) in [5, 5.41) is 0.809. The number of H-pyrrole nitrogens is 1. The van der Waals surface area contributed by atoms with Gasteiger partial charge < -0.3 is 15.3 Å². The molecule has 0 aliphatic carbocycles. The number of primary amides is 1. The van der Waals surface area contributed by atoms with Crippen LogP contribution in [0.4, 0.5) is 0 Å². The largest absolute Gasteiger partial charge is 0.365 e. The Bertz CT molecular complexity index is 930. The number of hydrogen-bond donors (Lipinski definition) is 2. The van der Waals surface area contributed by atoms with Crippen molar-refractivity contribution in [2.75, 3.05) is 0 Å². The van der Waals surface area contributed by atoms with Crippen LogP contribution >= 0.6 is 27.5 Å². The highest BCUT2D eigenvalue weighted by atomic mass is 79.9. The van der Waals surface area contributed by atoms with Crippen LogP contribution in [-0.2, 0) is 6.54 Å². The van der Waals surface area contributed by atoms with Gasteiger partial charge in [0.25, 0.3) is 11.5 Å². The number of benzene rings is 1. The molecule has 0 saturated heterocycles. The van der Waals surface area contributed by atoms with E-state index in [-0.39, 0.29) is 10.9 Å². The molecule has 22 heavy (non-hydrogen) atoms. The molecule has 1 aromatic carbocycles. The topological polar surface area (TPSA) is 93.8 Å². The zero-order chi connectivity index (χ0) is 15.9. The van der Waals surface area contributed by atoms with E-state index in [1.165, 1.54) is 6.33 Å². The quantitative estimate of drug-likeness (QED) is 0.729. The fourth-order valence-corrected chi connectivity index (χ4v) is 3.11. The second-order valence-corrected chi connectivity index (χ2v) is 5.86. The second-order valence-electron chi connectivity index (χ2n) is 4.67. The first kappa shape index (κ1) is 14.8. The lowest BCUT2D eigenvalue weighted by atomic mass is 10.2. The molecule has 2 aromatic heterocycles. The molecule has 1 amide bonds. The molecule has 3 N–H and O–H groups in total. The van der Waals surface area contributed by atoms with Crippen molar-refractivity contribution in [3.63, 3.8) is 0 Å². The van der Waals surface area contributed by atoms with Crippen LogP contribution in [-0.4, -0.2) is 20.4 Å². The van der Waals surface area contributed by atoms with Crippen LogP contribution < -0.4 is 11.3 Å². The lowest BCUT2D eigenvalue weighted by molar-refractivity contribution is 0.100. The predicted molar refractivity (Wildman–Crippen MR) is 87.1 cm³/mol. The van der Waals surface area contributed by atoms with Gasteiger partial charge in [0.1, 0.15) is 10.3 Å². The van der Waals surface area contributed by atoms with Crippen molar-refractivity contribution in [3.05, 3.63) is 61.7 Å². The number of nitrogens with one attached hydrogen (secondary N) is 1. The normalized spacial score (nSPS) is 11.0. The summed E-state index contributed by atoms with van der Waals surface area (Å²) in [6.45, 7) is 0.415. The number of carbonyl (C=O) groups is 1. The maximum atomic E-state index is 12.0. The number of nitrogens with zero attached hydrogens (tertiary/aromatic N) is 2. The molecule has 0 bridgehead atoms. The van der Waals surface area contributed by atoms with Gasteiger partial charge >= 0.3 is 0 Å². The van der Waals surface area contributed by atoms with Gasteiger partial charge in [0.15, 0.2) is 0 Å². The number of carbonyl (C=O) groups excluding carboxylic acids is 1. The van der Waals surface area contributed by atoms with Gasteiger partial charge in [-0.15, -0.1) is 0 Å². The maximum absolute atomic E-state index is 12.0. The van der Waals surface area contributed by atoms with E-state index in [0.717, 1.165) is 5.56 Å². The predicted octanol–water partition coefficient (Wildman–Crippen LogP) is 2.29. The second kappa shape index (κ2) is 5.58. The Kier molecular flexibility index (Phi) is 3.76. The van der Waals surface area contributed by atoms with E-state index >= 15 is 0 Å². The van der Waals surface area contributed by atoms with Crippen LogP contribution in [0.25, 0.3) is 11.0 Å². The molecule has 0 spiro atoms. The summed E-state index contributed by atoms with van der Waals surface area (Å²) in [5.41, 5.74) is 6.44. The molecular weight excluding hydrogens is 372 g/mol. The number of halogens is 2. The molecule has 0 saturated carbocycles. The third kappa shape index (κ3) is 2.42. The van der Waals surface area contributed by atoms with E-state index in [2.05, 4.69) is 25.9 Å². The highest BCUT2D eigenvalue weighted by molar-refractivity contribution is 9.10. The standard InChI is InChI=1S/C14H10BrClN4O2/c15-11-9(12(17)21)10-13(18-6-19-14(10)22)20(11)5-7-1-3-8(16)4-2-7/h1-4,6H,5H2,(H2,17,21)(H,18,19,22). The van der Waals surface area contributed by atoms with Crippen molar-refractivity contribution in [2.24, 2.45) is 5.73 Å². The molecule has 3 aromatic rings. The Morgan fingerprint density at radius 1 is 1.36 bits per heavy atom. The number of aromatic nitrogens is 3. The lowest BCUT2D eigenvalue weighted by Gasteiger charge is -2.07. The first-order chi connectivity index (χ1) is 10.5. The molecule has 8 heteroatoms. The zero-order valence-corrected chi connectivity index (χ0v) is 13.5. The number of nitrogens with two attached hydrogens (primary N) is 1. The molecule has 112 valence electrons. The van der Waals surface area contributed by atoms with E-state index < -0.39 is 11.5 Å². The summed E-state index contributed by atoms with van der Waals surface area (Å²) >= 11 is 9.22. The maximum Gasteiger partial charge on any atom is 0.261 e. The van der Waals surface area contributed by atoms with Crippen LogP contribution in [0, 0.1) is 0 Å². The Morgan fingerprint density at radius 3 is 2.68 bits per heavy atom.